The Morgan fingerprint density at radius 1 is 1.60 bits per heavy atom. The van der Waals surface area contributed by atoms with Crippen molar-refractivity contribution in [2.75, 3.05) is 20.3 Å². The van der Waals surface area contributed by atoms with E-state index < -0.39 is 6.04 Å². The molecule has 1 aliphatic heterocycles. The molecule has 2 amide bonds. The summed E-state index contributed by atoms with van der Waals surface area (Å²) in [5.41, 5.74) is 0. The fraction of sp³-hybridized carbons (Fsp3) is 0.800. The monoisotopic (exact) mass is 214 g/mol. The number of amides is 2. The zero-order valence-corrected chi connectivity index (χ0v) is 9.45. The summed E-state index contributed by atoms with van der Waals surface area (Å²) in [5, 5.41) is 2.61. The fourth-order valence-electron chi connectivity index (χ4n) is 1.76. The van der Waals surface area contributed by atoms with E-state index in [1.807, 2.05) is 6.92 Å². The van der Waals surface area contributed by atoms with Crippen molar-refractivity contribution in [2.24, 2.45) is 0 Å². The summed E-state index contributed by atoms with van der Waals surface area (Å²) in [5.74, 6) is -0.129. The van der Waals surface area contributed by atoms with Gasteiger partial charge >= 0.3 is 0 Å². The number of ether oxygens (including phenoxy) is 1. The van der Waals surface area contributed by atoms with Gasteiger partial charge in [-0.15, -0.1) is 0 Å². The number of hydrogen-bond acceptors (Lipinski definition) is 3. The van der Waals surface area contributed by atoms with Gasteiger partial charge in [0.25, 0.3) is 0 Å². The molecule has 0 radical (unpaired) electrons. The van der Waals surface area contributed by atoms with Crippen LogP contribution in [-0.2, 0) is 14.3 Å². The highest BCUT2D eigenvalue weighted by Crippen LogP contribution is 2.10. The first-order chi connectivity index (χ1) is 7.10. The number of methoxy groups -OCH3 is 1. The SMILES string of the molecule is CCC(COC)N1CC(=O)NC(C)C1=O. The van der Waals surface area contributed by atoms with Crippen LogP contribution in [0.2, 0.25) is 0 Å². The van der Waals surface area contributed by atoms with Crippen molar-refractivity contribution < 1.29 is 14.3 Å². The molecule has 86 valence electrons. The van der Waals surface area contributed by atoms with Gasteiger partial charge in [0.2, 0.25) is 11.8 Å². The van der Waals surface area contributed by atoms with E-state index in [-0.39, 0.29) is 24.4 Å². The van der Waals surface area contributed by atoms with E-state index in [1.165, 1.54) is 0 Å². The zero-order chi connectivity index (χ0) is 11.4. The summed E-state index contributed by atoms with van der Waals surface area (Å²) < 4.78 is 5.04. The molecule has 0 aromatic carbocycles. The molecule has 2 atom stereocenters. The number of piperazine rings is 1. The van der Waals surface area contributed by atoms with E-state index in [9.17, 15) is 9.59 Å². The molecule has 0 aliphatic carbocycles. The van der Waals surface area contributed by atoms with Crippen LogP contribution in [0.3, 0.4) is 0 Å². The van der Waals surface area contributed by atoms with Crippen molar-refractivity contribution >= 4 is 11.8 Å². The number of hydrogen-bond donors (Lipinski definition) is 1. The molecule has 0 saturated carbocycles. The van der Waals surface area contributed by atoms with Crippen molar-refractivity contribution in [3.8, 4) is 0 Å². The van der Waals surface area contributed by atoms with Gasteiger partial charge in [-0.05, 0) is 13.3 Å². The van der Waals surface area contributed by atoms with E-state index in [0.29, 0.717) is 6.61 Å². The second-order valence-electron chi connectivity index (χ2n) is 3.77. The molecule has 0 aromatic rings. The van der Waals surface area contributed by atoms with Crippen LogP contribution in [-0.4, -0.2) is 49.1 Å². The smallest absolute Gasteiger partial charge is 0.245 e. The summed E-state index contributed by atoms with van der Waals surface area (Å²) in [6.45, 7) is 4.30. The average molecular weight is 214 g/mol. The van der Waals surface area contributed by atoms with Gasteiger partial charge in [-0.2, -0.15) is 0 Å². The first-order valence-corrected chi connectivity index (χ1v) is 5.19. The molecule has 2 unspecified atom stereocenters. The van der Waals surface area contributed by atoms with E-state index in [1.54, 1.807) is 18.9 Å². The Labute approximate surface area is 89.8 Å². The Balaban J connectivity index is 2.72. The number of nitrogens with one attached hydrogen (secondary N) is 1. The van der Waals surface area contributed by atoms with Crippen LogP contribution in [0.5, 0.6) is 0 Å². The molecule has 1 N–H and O–H groups in total. The molecule has 1 rings (SSSR count). The third-order valence-corrected chi connectivity index (χ3v) is 2.62. The molecule has 0 bridgehead atoms. The highest BCUT2D eigenvalue weighted by molar-refractivity contribution is 5.94. The van der Waals surface area contributed by atoms with Crippen LogP contribution >= 0.6 is 0 Å². The minimum Gasteiger partial charge on any atom is -0.383 e. The van der Waals surface area contributed by atoms with Gasteiger partial charge in [-0.25, -0.2) is 0 Å². The standard InChI is InChI=1S/C10H18N2O3/c1-4-8(6-15-3)12-5-9(13)11-7(2)10(12)14/h7-8H,4-6H2,1-3H3,(H,11,13). The summed E-state index contributed by atoms with van der Waals surface area (Å²) >= 11 is 0. The lowest BCUT2D eigenvalue weighted by Crippen LogP contribution is -2.60. The number of nitrogens with zero attached hydrogens (tertiary/aromatic N) is 1. The van der Waals surface area contributed by atoms with Gasteiger partial charge in [0.15, 0.2) is 0 Å². The van der Waals surface area contributed by atoms with Crippen molar-refractivity contribution in [2.45, 2.75) is 32.4 Å². The van der Waals surface area contributed by atoms with Crippen LogP contribution in [0.4, 0.5) is 0 Å². The Morgan fingerprint density at radius 3 is 2.80 bits per heavy atom. The van der Waals surface area contributed by atoms with Gasteiger partial charge < -0.3 is 15.0 Å². The minimum atomic E-state index is -0.419. The summed E-state index contributed by atoms with van der Waals surface area (Å²) in [6, 6.07) is -0.423. The first-order valence-electron chi connectivity index (χ1n) is 5.19. The lowest BCUT2D eigenvalue weighted by atomic mass is 10.1. The minimum absolute atomic E-state index is 0.00370. The number of carbonyl (C=O) groups is 2. The molecular weight excluding hydrogens is 196 g/mol. The van der Waals surface area contributed by atoms with E-state index in [2.05, 4.69) is 5.32 Å². The van der Waals surface area contributed by atoms with Gasteiger partial charge in [0, 0.05) is 7.11 Å². The van der Waals surface area contributed by atoms with Gasteiger partial charge in [-0.1, -0.05) is 6.92 Å². The second kappa shape index (κ2) is 5.11. The Hall–Kier alpha value is -1.10. The fourth-order valence-corrected chi connectivity index (χ4v) is 1.76. The molecule has 15 heavy (non-hydrogen) atoms. The van der Waals surface area contributed by atoms with Crippen molar-refractivity contribution in [1.82, 2.24) is 10.2 Å². The topological polar surface area (TPSA) is 58.6 Å². The van der Waals surface area contributed by atoms with Crippen LogP contribution in [0.1, 0.15) is 20.3 Å². The summed E-state index contributed by atoms with van der Waals surface area (Å²) in [7, 11) is 1.60. The molecule has 1 fully saturated rings. The predicted octanol–water partition coefficient (Wildman–Crippen LogP) is -0.242. The predicted molar refractivity (Wildman–Crippen MR) is 55.3 cm³/mol. The Kier molecular flexibility index (Phi) is 4.08. The lowest BCUT2D eigenvalue weighted by molar-refractivity contribution is -0.147. The lowest BCUT2D eigenvalue weighted by Gasteiger charge is -2.36. The third kappa shape index (κ3) is 2.68. The number of carbonyl (C=O) groups excluding carboxylic acids is 2. The molecule has 1 heterocycles. The molecule has 1 aliphatic rings. The summed E-state index contributed by atoms with van der Waals surface area (Å²) in [6.07, 6.45) is 0.791. The van der Waals surface area contributed by atoms with Gasteiger partial charge in [0.05, 0.1) is 19.2 Å². The normalized spacial score (nSPS) is 23.9. The molecule has 5 heteroatoms. The molecule has 0 aromatic heterocycles. The maximum absolute atomic E-state index is 11.8. The quantitative estimate of drug-likeness (QED) is 0.702. The average Bonchev–Trinajstić information content (AvgIpc) is 2.20. The maximum atomic E-state index is 11.8. The van der Waals surface area contributed by atoms with Crippen LogP contribution < -0.4 is 5.32 Å². The van der Waals surface area contributed by atoms with E-state index in [4.69, 9.17) is 4.74 Å². The Bertz CT molecular complexity index is 255. The maximum Gasteiger partial charge on any atom is 0.245 e. The largest absolute Gasteiger partial charge is 0.383 e. The third-order valence-electron chi connectivity index (χ3n) is 2.62. The van der Waals surface area contributed by atoms with Crippen molar-refractivity contribution in [3.05, 3.63) is 0 Å². The molecule has 1 saturated heterocycles. The van der Waals surface area contributed by atoms with Crippen molar-refractivity contribution in [1.29, 1.82) is 0 Å². The summed E-state index contributed by atoms with van der Waals surface area (Å²) in [4.78, 5) is 24.7. The zero-order valence-electron chi connectivity index (χ0n) is 9.45. The number of rotatable bonds is 4. The van der Waals surface area contributed by atoms with Gasteiger partial charge in [0.1, 0.15) is 6.04 Å². The highest BCUT2D eigenvalue weighted by Gasteiger charge is 2.33. The highest BCUT2D eigenvalue weighted by atomic mass is 16.5. The second-order valence-corrected chi connectivity index (χ2v) is 3.77. The van der Waals surface area contributed by atoms with Crippen LogP contribution in [0.15, 0.2) is 0 Å². The molecule has 5 nitrogen and oxygen atoms in total. The van der Waals surface area contributed by atoms with Crippen LogP contribution in [0.25, 0.3) is 0 Å². The van der Waals surface area contributed by atoms with Crippen molar-refractivity contribution in [3.63, 3.8) is 0 Å². The Morgan fingerprint density at radius 2 is 2.27 bits per heavy atom. The van der Waals surface area contributed by atoms with Crippen LogP contribution in [0, 0.1) is 0 Å². The molecular formula is C10H18N2O3. The first kappa shape index (κ1) is 12.0. The van der Waals surface area contributed by atoms with Gasteiger partial charge in [-0.3, -0.25) is 9.59 Å². The van der Waals surface area contributed by atoms with E-state index >= 15 is 0 Å². The molecule has 0 spiro atoms. The van der Waals surface area contributed by atoms with E-state index in [0.717, 1.165) is 6.42 Å².